The standard InChI is InChI=1S/C18H18ClFN4O2/c1-4-26-18(25)14-10(2)22-16(17-21-7-8-24(17)3)23-15(14)12-6-5-11(20)9-13(12)19/h5-9,15H,4H2,1-3H3,(H,22,23). The van der Waals surface area contributed by atoms with Crippen LogP contribution in [0.15, 0.2) is 46.9 Å². The van der Waals surface area contributed by atoms with E-state index in [2.05, 4.69) is 15.3 Å². The van der Waals surface area contributed by atoms with Gasteiger partial charge in [0.25, 0.3) is 0 Å². The maximum absolute atomic E-state index is 13.5. The van der Waals surface area contributed by atoms with Crippen molar-refractivity contribution in [2.24, 2.45) is 12.0 Å². The molecule has 1 aromatic heterocycles. The number of esters is 1. The second kappa shape index (κ2) is 7.29. The van der Waals surface area contributed by atoms with Gasteiger partial charge in [0.1, 0.15) is 11.9 Å². The van der Waals surface area contributed by atoms with E-state index in [4.69, 9.17) is 16.3 Å². The lowest BCUT2D eigenvalue weighted by Gasteiger charge is -2.26. The number of nitrogens with one attached hydrogen (secondary N) is 1. The van der Waals surface area contributed by atoms with Crippen LogP contribution < -0.4 is 5.32 Å². The Kier molecular flexibility index (Phi) is 5.08. The molecule has 1 atom stereocenters. The van der Waals surface area contributed by atoms with E-state index in [0.717, 1.165) is 0 Å². The average molecular weight is 377 g/mol. The van der Waals surface area contributed by atoms with Gasteiger partial charge in [-0.15, -0.1) is 0 Å². The highest BCUT2D eigenvalue weighted by molar-refractivity contribution is 6.31. The Morgan fingerprint density at radius 2 is 2.23 bits per heavy atom. The van der Waals surface area contributed by atoms with Crippen LogP contribution in [0.1, 0.15) is 31.3 Å². The normalized spacial score (nSPS) is 17.0. The van der Waals surface area contributed by atoms with Crippen LogP contribution in [-0.2, 0) is 16.6 Å². The summed E-state index contributed by atoms with van der Waals surface area (Å²) < 4.78 is 20.4. The molecular weight excluding hydrogens is 359 g/mol. The number of benzene rings is 1. The molecule has 0 fully saturated rings. The monoisotopic (exact) mass is 376 g/mol. The van der Waals surface area contributed by atoms with E-state index in [9.17, 15) is 9.18 Å². The van der Waals surface area contributed by atoms with Crippen molar-refractivity contribution in [3.05, 3.63) is 64.1 Å². The SMILES string of the molecule is CCOC(=O)C1=C(C)NC(c2nccn2C)=NC1c1ccc(F)cc1Cl. The van der Waals surface area contributed by atoms with Crippen LogP contribution in [0.4, 0.5) is 4.39 Å². The van der Waals surface area contributed by atoms with E-state index in [-0.39, 0.29) is 11.6 Å². The minimum absolute atomic E-state index is 0.189. The van der Waals surface area contributed by atoms with E-state index < -0.39 is 17.8 Å². The smallest absolute Gasteiger partial charge is 0.338 e. The molecular formula is C18H18ClFN4O2. The molecule has 1 aromatic carbocycles. The van der Waals surface area contributed by atoms with Gasteiger partial charge in [-0.3, -0.25) is 4.99 Å². The second-order valence-corrected chi connectivity index (χ2v) is 6.20. The van der Waals surface area contributed by atoms with E-state index in [0.29, 0.717) is 28.5 Å². The molecule has 6 nitrogen and oxygen atoms in total. The number of halogens is 2. The topological polar surface area (TPSA) is 68.5 Å². The number of imidazole rings is 1. The number of aromatic nitrogens is 2. The lowest BCUT2D eigenvalue weighted by molar-refractivity contribution is -0.138. The van der Waals surface area contributed by atoms with Crippen LogP contribution in [-0.4, -0.2) is 28.0 Å². The van der Waals surface area contributed by atoms with Gasteiger partial charge in [0.15, 0.2) is 11.7 Å². The number of ether oxygens (including phenoxy) is 1. The molecule has 0 saturated carbocycles. The summed E-state index contributed by atoms with van der Waals surface area (Å²) in [6, 6.07) is 3.29. The summed E-state index contributed by atoms with van der Waals surface area (Å²) in [7, 11) is 1.84. The number of carbonyl (C=O) groups is 1. The Morgan fingerprint density at radius 1 is 1.46 bits per heavy atom. The second-order valence-electron chi connectivity index (χ2n) is 5.79. The van der Waals surface area contributed by atoms with Gasteiger partial charge in [-0.2, -0.15) is 0 Å². The molecule has 2 heterocycles. The van der Waals surface area contributed by atoms with E-state index in [1.165, 1.54) is 18.2 Å². The molecule has 0 aliphatic carbocycles. The summed E-state index contributed by atoms with van der Waals surface area (Å²) in [6.07, 6.45) is 3.44. The molecule has 0 spiro atoms. The number of aryl methyl sites for hydroxylation is 1. The average Bonchev–Trinajstić information content (AvgIpc) is 3.00. The van der Waals surface area contributed by atoms with E-state index >= 15 is 0 Å². The number of amidine groups is 1. The number of rotatable bonds is 4. The molecule has 3 rings (SSSR count). The third kappa shape index (κ3) is 3.35. The third-order valence-electron chi connectivity index (χ3n) is 4.03. The van der Waals surface area contributed by atoms with E-state index in [1.807, 2.05) is 7.05 Å². The molecule has 0 radical (unpaired) electrons. The number of hydrogen-bond donors (Lipinski definition) is 1. The number of carbonyl (C=O) groups excluding carboxylic acids is 1. The Bertz CT molecular complexity index is 920. The third-order valence-corrected chi connectivity index (χ3v) is 4.35. The molecule has 136 valence electrons. The number of aliphatic imine (C=N–C) groups is 1. The van der Waals surface area contributed by atoms with Crippen molar-refractivity contribution in [3.8, 4) is 0 Å². The Balaban J connectivity index is 2.14. The van der Waals surface area contributed by atoms with Crippen LogP contribution in [0.3, 0.4) is 0 Å². The molecule has 1 aliphatic rings. The number of nitrogens with zero attached hydrogens (tertiary/aromatic N) is 3. The molecule has 8 heteroatoms. The molecule has 1 N–H and O–H groups in total. The van der Waals surface area contributed by atoms with Crippen LogP contribution in [0.25, 0.3) is 0 Å². The predicted octanol–water partition coefficient (Wildman–Crippen LogP) is 3.14. The zero-order valence-corrected chi connectivity index (χ0v) is 15.3. The Hall–Kier alpha value is -2.67. The highest BCUT2D eigenvalue weighted by atomic mass is 35.5. The molecule has 2 aromatic rings. The first-order valence-corrected chi connectivity index (χ1v) is 8.45. The minimum Gasteiger partial charge on any atom is -0.463 e. The zero-order chi connectivity index (χ0) is 18.8. The molecule has 1 unspecified atom stereocenters. The lowest BCUT2D eigenvalue weighted by atomic mass is 9.96. The van der Waals surface area contributed by atoms with Gasteiger partial charge in [-0.25, -0.2) is 14.2 Å². The number of allylic oxidation sites excluding steroid dienone is 1. The van der Waals surface area contributed by atoms with Crippen LogP contribution >= 0.6 is 11.6 Å². The summed E-state index contributed by atoms with van der Waals surface area (Å²) in [4.78, 5) is 21.4. The predicted molar refractivity (Wildman–Crippen MR) is 96.4 cm³/mol. The van der Waals surface area contributed by atoms with Gasteiger partial charge in [-0.1, -0.05) is 17.7 Å². The van der Waals surface area contributed by atoms with Crippen LogP contribution in [0, 0.1) is 5.82 Å². The van der Waals surface area contributed by atoms with Crippen molar-refractivity contribution in [1.82, 2.24) is 14.9 Å². The molecule has 0 saturated heterocycles. The van der Waals surface area contributed by atoms with Gasteiger partial charge in [0.2, 0.25) is 0 Å². The zero-order valence-electron chi connectivity index (χ0n) is 14.6. The van der Waals surface area contributed by atoms with Gasteiger partial charge in [0, 0.05) is 35.7 Å². The Labute approximate surface area is 155 Å². The van der Waals surface area contributed by atoms with Crippen molar-refractivity contribution < 1.29 is 13.9 Å². The van der Waals surface area contributed by atoms with Crippen molar-refractivity contribution in [2.75, 3.05) is 6.61 Å². The minimum atomic E-state index is -0.727. The molecule has 0 bridgehead atoms. The highest BCUT2D eigenvalue weighted by Gasteiger charge is 2.32. The Morgan fingerprint density at radius 3 is 2.85 bits per heavy atom. The largest absolute Gasteiger partial charge is 0.463 e. The van der Waals surface area contributed by atoms with Crippen molar-refractivity contribution in [3.63, 3.8) is 0 Å². The van der Waals surface area contributed by atoms with Gasteiger partial charge in [0.05, 0.1) is 12.2 Å². The summed E-state index contributed by atoms with van der Waals surface area (Å²) in [5.41, 5.74) is 1.43. The van der Waals surface area contributed by atoms with Crippen molar-refractivity contribution in [1.29, 1.82) is 0 Å². The fourth-order valence-corrected chi connectivity index (χ4v) is 3.08. The lowest BCUT2D eigenvalue weighted by Crippen LogP contribution is -2.34. The molecule has 26 heavy (non-hydrogen) atoms. The quantitative estimate of drug-likeness (QED) is 0.832. The summed E-state index contributed by atoms with van der Waals surface area (Å²) in [5.74, 6) is 0.147. The summed E-state index contributed by atoms with van der Waals surface area (Å²) in [5, 5.41) is 3.30. The van der Waals surface area contributed by atoms with Gasteiger partial charge >= 0.3 is 5.97 Å². The maximum atomic E-state index is 13.5. The van der Waals surface area contributed by atoms with Gasteiger partial charge < -0.3 is 14.6 Å². The summed E-state index contributed by atoms with van der Waals surface area (Å²) >= 11 is 6.24. The van der Waals surface area contributed by atoms with Gasteiger partial charge in [-0.05, 0) is 26.0 Å². The number of hydrogen-bond acceptors (Lipinski definition) is 5. The fourth-order valence-electron chi connectivity index (χ4n) is 2.81. The molecule has 0 amide bonds. The van der Waals surface area contributed by atoms with Crippen molar-refractivity contribution >= 4 is 23.4 Å². The highest BCUT2D eigenvalue weighted by Crippen LogP contribution is 2.36. The first-order chi connectivity index (χ1) is 12.4. The first-order valence-electron chi connectivity index (χ1n) is 8.07. The van der Waals surface area contributed by atoms with Crippen LogP contribution in [0.5, 0.6) is 0 Å². The summed E-state index contributed by atoms with van der Waals surface area (Å²) in [6.45, 7) is 3.72. The van der Waals surface area contributed by atoms with E-state index in [1.54, 1.807) is 30.8 Å². The maximum Gasteiger partial charge on any atom is 0.338 e. The van der Waals surface area contributed by atoms with Crippen molar-refractivity contribution in [2.45, 2.75) is 19.9 Å². The molecule has 1 aliphatic heterocycles. The van der Waals surface area contributed by atoms with Crippen LogP contribution in [0.2, 0.25) is 5.02 Å². The fraction of sp³-hybridized carbons (Fsp3) is 0.278. The first kappa shape index (κ1) is 18.1.